The predicted molar refractivity (Wildman–Crippen MR) is 81.0 cm³/mol. The maximum absolute atomic E-state index is 12.6. The molecule has 0 radical (unpaired) electrons. The van der Waals surface area contributed by atoms with Gasteiger partial charge in [0, 0.05) is 19.0 Å². The SMILES string of the molecule is CC(C)CC(C(=O)Nc1cc(C(F)(F)F)[nH]n1)N1CCCCC1=O. The van der Waals surface area contributed by atoms with Crippen LogP contribution < -0.4 is 5.32 Å². The summed E-state index contributed by atoms with van der Waals surface area (Å²) >= 11 is 0. The molecule has 6 nitrogen and oxygen atoms in total. The van der Waals surface area contributed by atoms with Gasteiger partial charge in [-0.2, -0.15) is 18.3 Å². The van der Waals surface area contributed by atoms with Gasteiger partial charge in [-0.3, -0.25) is 14.7 Å². The highest BCUT2D eigenvalue weighted by molar-refractivity contribution is 5.96. The van der Waals surface area contributed by atoms with Crippen molar-refractivity contribution in [3.63, 3.8) is 0 Å². The molecule has 0 bridgehead atoms. The van der Waals surface area contributed by atoms with Crippen LogP contribution in [0.5, 0.6) is 0 Å². The molecule has 1 aromatic heterocycles. The molecule has 9 heteroatoms. The number of anilines is 1. The first-order valence-electron chi connectivity index (χ1n) is 7.91. The Balaban J connectivity index is 2.12. The lowest BCUT2D eigenvalue weighted by Gasteiger charge is -2.34. The number of nitrogens with zero attached hydrogens (tertiary/aromatic N) is 2. The first-order valence-corrected chi connectivity index (χ1v) is 7.91. The molecule has 0 aromatic carbocycles. The predicted octanol–water partition coefficient (Wildman–Crippen LogP) is 2.79. The molecule has 2 heterocycles. The average molecular weight is 346 g/mol. The highest BCUT2D eigenvalue weighted by Crippen LogP contribution is 2.29. The Morgan fingerprint density at radius 2 is 2.12 bits per heavy atom. The number of halogens is 3. The van der Waals surface area contributed by atoms with E-state index in [9.17, 15) is 22.8 Å². The summed E-state index contributed by atoms with van der Waals surface area (Å²) in [6, 6.07) is 0.0337. The van der Waals surface area contributed by atoms with Crippen molar-refractivity contribution in [3.8, 4) is 0 Å². The number of amides is 2. The number of hydrogen-bond donors (Lipinski definition) is 2. The van der Waals surface area contributed by atoms with E-state index in [1.807, 2.05) is 18.9 Å². The van der Waals surface area contributed by atoms with Gasteiger partial charge >= 0.3 is 6.18 Å². The zero-order chi connectivity index (χ0) is 17.9. The molecule has 1 aromatic rings. The van der Waals surface area contributed by atoms with Crippen molar-refractivity contribution in [2.75, 3.05) is 11.9 Å². The monoisotopic (exact) mass is 346 g/mol. The number of alkyl halides is 3. The van der Waals surface area contributed by atoms with Crippen LogP contribution in [0.15, 0.2) is 6.07 Å². The molecular formula is C15H21F3N4O2. The third kappa shape index (κ3) is 4.48. The number of nitrogens with one attached hydrogen (secondary N) is 2. The minimum absolute atomic E-state index is 0.0972. The summed E-state index contributed by atoms with van der Waals surface area (Å²) in [6.07, 6.45) is -2.12. The Kier molecular flexibility index (Phi) is 5.51. The van der Waals surface area contributed by atoms with Gasteiger partial charge in [-0.05, 0) is 25.2 Å². The number of aromatic amines is 1. The van der Waals surface area contributed by atoms with E-state index in [4.69, 9.17) is 0 Å². The van der Waals surface area contributed by atoms with Gasteiger partial charge < -0.3 is 10.2 Å². The summed E-state index contributed by atoms with van der Waals surface area (Å²) in [6.45, 7) is 4.33. The number of piperidine rings is 1. The highest BCUT2D eigenvalue weighted by atomic mass is 19.4. The molecule has 134 valence electrons. The van der Waals surface area contributed by atoms with Crippen LogP contribution in [0, 0.1) is 5.92 Å². The van der Waals surface area contributed by atoms with Crippen LogP contribution in [0.4, 0.5) is 19.0 Å². The lowest BCUT2D eigenvalue weighted by molar-refractivity contribution is -0.141. The average Bonchev–Trinajstić information content (AvgIpc) is 2.94. The molecule has 1 unspecified atom stereocenters. The Morgan fingerprint density at radius 1 is 1.42 bits per heavy atom. The maximum atomic E-state index is 12.6. The summed E-state index contributed by atoms with van der Waals surface area (Å²) in [4.78, 5) is 26.1. The van der Waals surface area contributed by atoms with E-state index in [2.05, 4.69) is 10.4 Å². The number of carbonyl (C=O) groups is 2. The normalized spacial score (nSPS) is 17.2. The summed E-state index contributed by atoms with van der Waals surface area (Å²) in [5.41, 5.74) is -1.03. The van der Waals surface area contributed by atoms with Crippen LogP contribution in [0.3, 0.4) is 0 Å². The third-order valence-corrected chi connectivity index (χ3v) is 3.87. The molecule has 2 N–H and O–H groups in total. The van der Waals surface area contributed by atoms with E-state index < -0.39 is 23.8 Å². The molecule has 1 aliphatic rings. The van der Waals surface area contributed by atoms with Gasteiger partial charge in [0.2, 0.25) is 11.8 Å². The fraction of sp³-hybridized carbons (Fsp3) is 0.667. The highest BCUT2D eigenvalue weighted by Gasteiger charge is 2.35. The quantitative estimate of drug-likeness (QED) is 0.860. The van der Waals surface area contributed by atoms with Gasteiger partial charge in [0.25, 0.3) is 0 Å². The second-order valence-corrected chi connectivity index (χ2v) is 6.34. The van der Waals surface area contributed by atoms with Crippen LogP contribution in [0.2, 0.25) is 0 Å². The van der Waals surface area contributed by atoms with E-state index in [1.54, 1.807) is 0 Å². The van der Waals surface area contributed by atoms with Crippen molar-refractivity contribution < 1.29 is 22.8 Å². The van der Waals surface area contributed by atoms with E-state index >= 15 is 0 Å². The first-order chi connectivity index (χ1) is 11.2. The molecule has 0 aliphatic carbocycles. The van der Waals surface area contributed by atoms with E-state index in [0.29, 0.717) is 19.4 Å². The second-order valence-electron chi connectivity index (χ2n) is 6.34. The topological polar surface area (TPSA) is 78.1 Å². The number of carbonyl (C=O) groups excluding carboxylic acids is 2. The number of aromatic nitrogens is 2. The molecule has 1 aliphatic heterocycles. The zero-order valence-corrected chi connectivity index (χ0v) is 13.6. The first kappa shape index (κ1) is 18.3. The molecule has 2 rings (SSSR count). The van der Waals surface area contributed by atoms with Crippen molar-refractivity contribution in [3.05, 3.63) is 11.8 Å². The summed E-state index contributed by atoms with van der Waals surface area (Å²) in [5, 5.41) is 7.70. The molecule has 1 fully saturated rings. The fourth-order valence-electron chi connectivity index (χ4n) is 2.72. The summed E-state index contributed by atoms with van der Waals surface area (Å²) < 4.78 is 37.7. The van der Waals surface area contributed by atoms with Crippen LogP contribution in [-0.4, -0.2) is 39.5 Å². The van der Waals surface area contributed by atoms with Gasteiger partial charge in [0.05, 0.1) is 0 Å². The molecule has 1 atom stereocenters. The molecule has 24 heavy (non-hydrogen) atoms. The van der Waals surface area contributed by atoms with E-state index in [0.717, 1.165) is 18.9 Å². The summed E-state index contributed by atoms with van der Waals surface area (Å²) in [7, 11) is 0. The van der Waals surface area contributed by atoms with E-state index in [1.165, 1.54) is 4.90 Å². The molecule has 0 saturated carbocycles. The molecule has 1 saturated heterocycles. The minimum Gasteiger partial charge on any atom is -0.331 e. The number of H-pyrrole nitrogens is 1. The lowest BCUT2D eigenvalue weighted by Crippen LogP contribution is -2.50. The van der Waals surface area contributed by atoms with Crippen molar-refractivity contribution in [1.29, 1.82) is 0 Å². The van der Waals surface area contributed by atoms with Crippen molar-refractivity contribution in [2.24, 2.45) is 5.92 Å². The third-order valence-electron chi connectivity index (χ3n) is 3.87. The lowest BCUT2D eigenvalue weighted by atomic mass is 9.98. The summed E-state index contributed by atoms with van der Waals surface area (Å²) in [5.74, 6) is -0.662. The Bertz CT molecular complexity index is 598. The molecule has 0 spiro atoms. The van der Waals surface area contributed by atoms with E-state index in [-0.39, 0.29) is 17.6 Å². The Labute approximate surface area is 137 Å². The van der Waals surface area contributed by atoms with Crippen LogP contribution in [0.1, 0.15) is 45.2 Å². The Hall–Kier alpha value is -2.06. The molecular weight excluding hydrogens is 325 g/mol. The fourth-order valence-corrected chi connectivity index (χ4v) is 2.72. The number of rotatable bonds is 5. The van der Waals surface area contributed by atoms with Crippen LogP contribution in [0.25, 0.3) is 0 Å². The van der Waals surface area contributed by atoms with Crippen molar-refractivity contribution in [1.82, 2.24) is 15.1 Å². The largest absolute Gasteiger partial charge is 0.432 e. The zero-order valence-electron chi connectivity index (χ0n) is 13.6. The maximum Gasteiger partial charge on any atom is 0.432 e. The van der Waals surface area contributed by atoms with Gasteiger partial charge in [0.1, 0.15) is 11.7 Å². The second kappa shape index (κ2) is 7.23. The van der Waals surface area contributed by atoms with Crippen LogP contribution in [-0.2, 0) is 15.8 Å². The number of hydrogen-bond acceptors (Lipinski definition) is 3. The smallest absolute Gasteiger partial charge is 0.331 e. The van der Waals surface area contributed by atoms with Crippen molar-refractivity contribution >= 4 is 17.6 Å². The van der Waals surface area contributed by atoms with Crippen molar-refractivity contribution in [2.45, 2.75) is 51.7 Å². The van der Waals surface area contributed by atoms with Gasteiger partial charge in [0.15, 0.2) is 5.82 Å². The van der Waals surface area contributed by atoms with Gasteiger partial charge in [-0.25, -0.2) is 0 Å². The Morgan fingerprint density at radius 3 is 2.67 bits per heavy atom. The standard InChI is InChI=1S/C15H21F3N4O2/c1-9(2)7-10(22-6-4-3-5-13(22)23)14(24)19-12-8-11(20-21-12)15(16,17)18/h8-10H,3-7H2,1-2H3,(H2,19,20,21,24). The minimum atomic E-state index is -4.56. The van der Waals surface area contributed by atoms with Gasteiger partial charge in [-0.1, -0.05) is 13.8 Å². The molecule has 2 amide bonds. The van der Waals surface area contributed by atoms with Crippen LogP contribution >= 0.6 is 0 Å². The number of likely N-dealkylation sites (tertiary alicyclic amines) is 1. The van der Waals surface area contributed by atoms with Gasteiger partial charge in [-0.15, -0.1) is 0 Å².